The Kier molecular flexibility index (Phi) is 7.82. The molecule has 1 N–H and O–H groups in total. The maximum Gasteiger partial charge on any atom is 0.312 e. The van der Waals surface area contributed by atoms with Gasteiger partial charge in [0.1, 0.15) is 11.4 Å². The van der Waals surface area contributed by atoms with Crippen molar-refractivity contribution in [2.45, 2.75) is 77.2 Å². The molecular weight excluding hydrogens is 467 g/mol. The van der Waals surface area contributed by atoms with Crippen LogP contribution in [0.25, 0.3) is 6.08 Å². The molecule has 2 aliphatic rings. The second kappa shape index (κ2) is 10.9. The van der Waals surface area contributed by atoms with E-state index in [1.807, 2.05) is 51.1 Å². The first-order valence-electron chi connectivity index (χ1n) is 13.1. The minimum Gasteiger partial charge on any atom is -0.460 e. The third-order valence-electron chi connectivity index (χ3n) is 7.32. The SMILES string of the molecule is CC(C)(C)OC(=O)C1(Cc2ccc(F)c(NC(=O)C(c3ccc(/C=C/C#N)cc3)C3CCCC3)c2)CC1. The number of hydrogen-bond acceptors (Lipinski definition) is 4. The largest absolute Gasteiger partial charge is 0.460 e. The molecule has 37 heavy (non-hydrogen) atoms. The number of allylic oxidation sites excluding steroid dienone is 1. The van der Waals surface area contributed by atoms with E-state index in [9.17, 15) is 14.0 Å². The summed E-state index contributed by atoms with van der Waals surface area (Å²) in [5.74, 6) is -1.15. The summed E-state index contributed by atoms with van der Waals surface area (Å²) in [6.45, 7) is 5.55. The molecule has 2 aromatic rings. The van der Waals surface area contributed by atoms with Crippen molar-refractivity contribution in [3.63, 3.8) is 0 Å². The minimum absolute atomic E-state index is 0.138. The molecular formula is C31H35FN2O3. The zero-order chi connectivity index (χ0) is 26.6. The van der Waals surface area contributed by atoms with Crippen LogP contribution in [-0.2, 0) is 20.7 Å². The van der Waals surface area contributed by atoms with E-state index in [1.165, 1.54) is 12.1 Å². The van der Waals surface area contributed by atoms with E-state index in [4.69, 9.17) is 10.00 Å². The normalized spacial score (nSPS) is 17.8. The molecule has 2 saturated carbocycles. The van der Waals surface area contributed by atoms with Crippen LogP contribution in [0.4, 0.5) is 10.1 Å². The van der Waals surface area contributed by atoms with E-state index in [1.54, 1.807) is 18.2 Å². The second-order valence-electron chi connectivity index (χ2n) is 11.4. The van der Waals surface area contributed by atoms with Crippen molar-refractivity contribution in [3.8, 4) is 6.07 Å². The summed E-state index contributed by atoms with van der Waals surface area (Å²) in [5, 5.41) is 11.6. The highest BCUT2D eigenvalue weighted by molar-refractivity contribution is 5.96. The number of carbonyl (C=O) groups excluding carboxylic acids is 2. The van der Waals surface area contributed by atoms with Crippen LogP contribution in [0.3, 0.4) is 0 Å². The fourth-order valence-corrected chi connectivity index (χ4v) is 5.25. The van der Waals surface area contributed by atoms with Crippen LogP contribution in [0.2, 0.25) is 0 Å². The Morgan fingerprint density at radius 2 is 1.84 bits per heavy atom. The zero-order valence-corrected chi connectivity index (χ0v) is 21.9. The molecule has 6 heteroatoms. The zero-order valence-electron chi connectivity index (χ0n) is 21.9. The minimum atomic E-state index is -0.569. The van der Waals surface area contributed by atoms with Gasteiger partial charge < -0.3 is 10.1 Å². The molecule has 4 rings (SSSR count). The number of nitrogens with zero attached hydrogens (tertiary/aromatic N) is 1. The van der Waals surface area contributed by atoms with Gasteiger partial charge in [0.15, 0.2) is 0 Å². The molecule has 0 heterocycles. The highest BCUT2D eigenvalue weighted by atomic mass is 19.1. The molecule has 0 radical (unpaired) electrons. The van der Waals surface area contributed by atoms with E-state index in [0.29, 0.717) is 6.42 Å². The molecule has 2 aromatic carbocycles. The van der Waals surface area contributed by atoms with Gasteiger partial charge in [-0.15, -0.1) is 0 Å². The molecule has 0 aliphatic heterocycles. The molecule has 1 atom stereocenters. The average Bonchev–Trinajstić information content (AvgIpc) is 3.43. The standard InChI is InChI=1S/C31H35FN2O3/c1-30(2,3)37-29(36)31(16-17-31)20-22-12-15-25(32)26(19-22)34-28(35)27(23-8-4-5-9-23)24-13-10-21(11-14-24)7-6-18-33/h6-7,10-15,19,23,27H,4-5,8-9,16-17,20H2,1-3H3,(H,34,35)/b7-6+. The number of rotatable bonds is 8. The summed E-state index contributed by atoms with van der Waals surface area (Å²) >= 11 is 0. The third kappa shape index (κ3) is 6.65. The highest BCUT2D eigenvalue weighted by Crippen LogP contribution is 2.50. The number of ether oxygens (including phenoxy) is 1. The predicted molar refractivity (Wildman–Crippen MR) is 142 cm³/mol. The predicted octanol–water partition coefficient (Wildman–Crippen LogP) is 6.94. The number of benzene rings is 2. The van der Waals surface area contributed by atoms with Crippen LogP contribution in [0.15, 0.2) is 48.5 Å². The maximum atomic E-state index is 14.8. The van der Waals surface area contributed by atoms with E-state index < -0.39 is 22.8 Å². The summed E-state index contributed by atoms with van der Waals surface area (Å²) in [4.78, 5) is 26.3. The molecule has 1 unspecified atom stereocenters. The Morgan fingerprint density at radius 1 is 1.16 bits per heavy atom. The first kappa shape index (κ1) is 26.6. The highest BCUT2D eigenvalue weighted by Gasteiger charge is 2.52. The van der Waals surface area contributed by atoms with Gasteiger partial charge in [0.05, 0.1) is 23.1 Å². The van der Waals surface area contributed by atoms with Gasteiger partial charge in [0.25, 0.3) is 0 Å². The first-order valence-corrected chi connectivity index (χ1v) is 13.1. The Bertz CT molecular complexity index is 1210. The van der Waals surface area contributed by atoms with E-state index in [2.05, 4.69) is 5.32 Å². The van der Waals surface area contributed by atoms with Crippen molar-refractivity contribution >= 4 is 23.6 Å². The molecule has 5 nitrogen and oxygen atoms in total. The number of anilines is 1. The number of carbonyl (C=O) groups is 2. The number of amides is 1. The summed E-state index contributed by atoms with van der Waals surface area (Å²) in [6, 6.07) is 14.3. The van der Waals surface area contributed by atoms with Crippen molar-refractivity contribution in [3.05, 3.63) is 71.0 Å². The topological polar surface area (TPSA) is 79.2 Å². The number of nitriles is 1. The van der Waals surface area contributed by atoms with Crippen LogP contribution in [0.1, 0.15) is 81.9 Å². The number of esters is 1. The van der Waals surface area contributed by atoms with Gasteiger partial charge in [0.2, 0.25) is 5.91 Å². The molecule has 2 fully saturated rings. The van der Waals surface area contributed by atoms with Crippen LogP contribution in [0.5, 0.6) is 0 Å². The lowest BCUT2D eigenvalue weighted by Crippen LogP contribution is -2.31. The van der Waals surface area contributed by atoms with Crippen molar-refractivity contribution in [2.24, 2.45) is 11.3 Å². The number of halogens is 1. The maximum absolute atomic E-state index is 14.8. The summed E-state index contributed by atoms with van der Waals surface area (Å²) < 4.78 is 20.5. The van der Waals surface area contributed by atoms with E-state index in [-0.39, 0.29) is 23.5 Å². The molecule has 0 bridgehead atoms. The van der Waals surface area contributed by atoms with Crippen molar-refractivity contribution in [1.29, 1.82) is 5.26 Å². The fourth-order valence-electron chi connectivity index (χ4n) is 5.25. The molecule has 0 spiro atoms. The van der Waals surface area contributed by atoms with Gasteiger partial charge >= 0.3 is 5.97 Å². The monoisotopic (exact) mass is 502 g/mol. The van der Waals surface area contributed by atoms with Crippen molar-refractivity contribution in [1.82, 2.24) is 0 Å². The molecule has 0 saturated heterocycles. The van der Waals surface area contributed by atoms with Crippen molar-refractivity contribution in [2.75, 3.05) is 5.32 Å². The Morgan fingerprint density at radius 3 is 2.43 bits per heavy atom. The smallest absolute Gasteiger partial charge is 0.312 e. The van der Waals surface area contributed by atoms with E-state index in [0.717, 1.165) is 55.2 Å². The quantitative estimate of drug-likeness (QED) is 0.313. The van der Waals surface area contributed by atoms with Gasteiger partial charge in [-0.05, 0) is 93.7 Å². The number of hydrogen-bond donors (Lipinski definition) is 1. The Balaban J connectivity index is 1.53. The Hall–Kier alpha value is -3.46. The van der Waals surface area contributed by atoms with Crippen LogP contribution < -0.4 is 5.32 Å². The lowest BCUT2D eigenvalue weighted by atomic mass is 9.83. The fraction of sp³-hybridized carbons (Fsp3) is 0.452. The summed E-state index contributed by atoms with van der Waals surface area (Å²) in [7, 11) is 0. The summed E-state index contributed by atoms with van der Waals surface area (Å²) in [6.07, 6.45) is 9.13. The average molecular weight is 503 g/mol. The van der Waals surface area contributed by atoms with Crippen LogP contribution >= 0.6 is 0 Å². The van der Waals surface area contributed by atoms with Gasteiger partial charge in [-0.2, -0.15) is 5.26 Å². The van der Waals surface area contributed by atoms with Crippen LogP contribution in [-0.4, -0.2) is 17.5 Å². The molecule has 1 amide bonds. The van der Waals surface area contributed by atoms with Crippen LogP contribution in [0, 0.1) is 28.5 Å². The molecule has 0 aromatic heterocycles. The first-order chi connectivity index (χ1) is 17.6. The molecule has 2 aliphatic carbocycles. The third-order valence-corrected chi connectivity index (χ3v) is 7.32. The lowest BCUT2D eigenvalue weighted by molar-refractivity contribution is -0.161. The Labute approximate surface area is 218 Å². The second-order valence-corrected chi connectivity index (χ2v) is 11.4. The van der Waals surface area contributed by atoms with Gasteiger partial charge in [-0.1, -0.05) is 43.2 Å². The lowest BCUT2D eigenvalue weighted by Gasteiger charge is -2.25. The number of nitrogens with one attached hydrogen (secondary N) is 1. The summed E-state index contributed by atoms with van der Waals surface area (Å²) in [5.41, 5.74) is 1.57. The molecule has 194 valence electrons. The van der Waals surface area contributed by atoms with Gasteiger partial charge in [-0.3, -0.25) is 9.59 Å². The van der Waals surface area contributed by atoms with Gasteiger partial charge in [0, 0.05) is 6.08 Å². The van der Waals surface area contributed by atoms with E-state index >= 15 is 0 Å². The van der Waals surface area contributed by atoms with Gasteiger partial charge in [-0.25, -0.2) is 4.39 Å². The van der Waals surface area contributed by atoms with Crippen molar-refractivity contribution < 1.29 is 18.7 Å².